The molecular formula is C11H14FN3S. The molecule has 3 nitrogen and oxygen atoms in total. The lowest BCUT2D eigenvalue weighted by atomic mass is 9.88. The minimum atomic E-state index is -0.199. The second-order valence-electron chi connectivity index (χ2n) is 4.52. The summed E-state index contributed by atoms with van der Waals surface area (Å²) in [6.45, 7) is 2.56. The van der Waals surface area contributed by atoms with E-state index >= 15 is 0 Å². The van der Waals surface area contributed by atoms with Crippen molar-refractivity contribution in [2.45, 2.75) is 25.0 Å². The predicted octanol–water partition coefficient (Wildman–Crippen LogP) is 1.32. The standard InChI is InChI=1S/C11H14FN3S/c12-10-2-1-3-13-11(10)7-15-8-4-9(15)6-14(16)5-8/h1-3,8-9,16H,4-7H2. The zero-order valence-corrected chi connectivity index (χ0v) is 9.78. The molecule has 0 N–H and O–H groups in total. The molecule has 1 aromatic rings. The number of likely N-dealkylation sites (tertiary alicyclic amines) is 1. The molecule has 0 aromatic carbocycles. The number of nitrogens with zero attached hydrogens (tertiary/aromatic N) is 3. The maximum atomic E-state index is 13.4. The van der Waals surface area contributed by atoms with Gasteiger partial charge in [0.15, 0.2) is 0 Å². The zero-order chi connectivity index (χ0) is 11.1. The third-order valence-electron chi connectivity index (χ3n) is 3.49. The monoisotopic (exact) mass is 239 g/mol. The van der Waals surface area contributed by atoms with Crippen molar-refractivity contribution >= 4 is 12.8 Å². The zero-order valence-electron chi connectivity index (χ0n) is 8.88. The first-order valence-electron chi connectivity index (χ1n) is 5.53. The van der Waals surface area contributed by atoms with Crippen molar-refractivity contribution in [3.05, 3.63) is 29.8 Å². The van der Waals surface area contributed by atoms with E-state index in [4.69, 9.17) is 0 Å². The highest BCUT2D eigenvalue weighted by Gasteiger charge is 2.43. The van der Waals surface area contributed by atoms with Gasteiger partial charge in [-0.2, -0.15) is 0 Å². The van der Waals surface area contributed by atoms with Gasteiger partial charge in [-0.15, -0.1) is 0 Å². The van der Waals surface area contributed by atoms with Crippen LogP contribution in [-0.2, 0) is 6.54 Å². The quantitative estimate of drug-likeness (QED) is 0.786. The Hall–Kier alpha value is -0.650. The van der Waals surface area contributed by atoms with E-state index in [1.807, 2.05) is 4.31 Å². The van der Waals surface area contributed by atoms with Crippen LogP contribution in [0.5, 0.6) is 0 Å². The summed E-state index contributed by atoms with van der Waals surface area (Å²) in [7, 11) is 0. The molecule has 0 amide bonds. The van der Waals surface area contributed by atoms with Crippen molar-refractivity contribution in [3.63, 3.8) is 0 Å². The molecule has 86 valence electrons. The van der Waals surface area contributed by atoms with Crippen LogP contribution in [0.15, 0.2) is 18.3 Å². The van der Waals surface area contributed by atoms with Gasteiger partial charge in [0.25, 0.3) is 0 Å². The lowest BCUT2D eigenvalue weighted by Crippen LogP contribution is -2.66. The molecular weight excluding hydrogens is 225 g/mol. The first kappa shape index (κ1) is 10.5. The van der Waals surface area contributed by atoms with Gasteiger partial charge < -0.3 is 0 Å². The number of pyridine rings is 1. The number of hydrogen-bond donors (Lipinski definition) is 1. The number of halogens is 1. The molecule has 2 saturated heterocycles. The van der Waals surface area contributed by atoms with Crippen molar-refractivity contribution in [1.82, 2.24) is 14.2 Å². The van der Waals surface area contributed by atoms with E-state index in [0.717, 1.165) is 13.1 Å². The molecule has 2 aliphatic heterocycles. The van der Waals surface area contributed by atoms with Crippen molar-refractivity contribution < 1.29 is 4.39 Å². The van der Waals surface area contributed by atoms with Gasteiger partial charge >= 0.3 is 0 Å². The predicted molar refractivity (Wildman–Crippen MR) is 62.5 cm³/mol. The maximum absolute atomic E-state index is 13.4. The molecule has 16 heavy (non-hydrogen) atoms. The van der Waals surface area contributed by atoms with E-state index < -0.39 is 0 Å². The number of piperidine rings is 1. The summed E-state index contributed by atoms with van der Waals surface area (Å²) in [6.07, 6.45) is 2.87. The Kier molecular flexibility index (Phi) is 2.61. The first-order valence-corrected chi connectivity index (χ1v) is 5.93. The number of rotatable bonds is 2. The second kappa shape index (κ2) is 3.98. The average Bonchev–Trinajstić information content (AvgIpc) is 2.27. The third-order valence-corrected chi connectivity index (χ3v) is 3.82. The molecule has 2 unspecified atom stereocenters. The van der Waals surface area contributed by atoms with Crippen LogP contribution < -0.4 is 0 Å². The van der Waals surface area contributed by atoms with Crippen LogP contribution >= 0.6 is 12.8 Å². The van der Waals surface area contributed by atoms with Crippen molar-refractivity contribution in [2.75, 3.05) is 13.1 Å². The summed E-state index contributed by atoms with van der Waals surface area (Å²) in [5, 5.41) is 0. The number of thiol groups is 1. The normalized spacial score (nSPS) is 30.1. The van der Waals surface area contributed by atoms with Gasteiger partial charge in [-0.3, -0.25) is 14.2 Å². The Labute approximate surface area is 99.8 Å². The highest BCUT2D eigenvalue weighted by Crippen LogP contribution is 2.34. The van der Waals surface area contributed by atoms with Gasteiger partial charge in [0, 0.05) is 37.9 Å². The SMILES string of the molecule is Fc1cccnc1CN1C2CC1CN(S)C2. The van der Waals surface area contributed by atoms with E-state index in [9.17, 15) is 4.39 Å². The van der Waals surface area contributed by atoms with E-state index in [2.05, 4.69) is 22.7 Å². The Bertz CT molecular complexity index is 389. The highest BCUT2D eigenvalue weighted by molar-refractivity contribution is 7.77. The molecule has 0 radical (unpaired) electrons. The first-order chi connectivity index (χ1) is 7.74. The van der Waals surface area contributed by atoms with Gasteiger partial charge in [-0.1, -0.05) is 12.8 Å². The van der Waals surface area contributed by atoms with Gasteiger partial charge in [-0.05, 0) is 18.6 Å². The fraction of sp³-hybridized carbons (Fsp3) is 0.545. The van der Waals surface area contributed by atoms with E-state index in [-0.39, 0.29) is 5.82 Å². The lowest BCUT2D eigenvalue weighted by molar-refractivity contribution is -0.0478. The topological polar surface area (TPSA) is 19.4 Å². The van der Waals surface area contributed by atoms with Crippen LogP contribution in [0.1, 0.15) is 12.1 Å². The molecule has 3 rings (SSSR count). The molecule has 2 fully saturated rings. The molecule has 5 heteroatoms. The van der Waals surface area contributed by atoms with Crippen LogP contribution in [0, 0.1) is 5.82 Å². The summed E-state index contributed by atoms with van der Waals surface area (Å²) in [5.74, 6) is -0.199. The summed E-state index contributed by atoms with van der Waals surface area (Å²) in [5.41, 5.74) is 0.560. The molecule has 0 aliphatic carbocycles. The number of aromatic nitrogens is 1. The smallest absolute Gasteiger partial charge is 0.146 e. The minimum Gasteiger partial charge on any atom is -0.289 e. The number of piperazine rings is 1. The Morgan fingerprint density at radius 2 is 2.19 bits per heavy atom. The van der Waals surface area contributed by atoms with Crippen LogP contribution in [-0.4, -0.2) is 39.4 Å². The summed E-state index contributed by atoms with van der Waals surface area (Å²) in [6, 6.07) is 4.16. The van der Waals surface area contributed by atoms with Crippen molar-refractivity contribution in [3.8, 4) is 0 Å². The minimum absolute atomic E-state index is 0.199. The molecule has 3 heterocycles. The van der Waals surface area contributed by atoms with Gasteiger partial charge in [-0.25, -0.2) is 4.39 Å². The van der Waals surface area contributed by atoms with Crippen molar-refractivity contribution in [1.29, 1.82) is 0 Å². The fourth-order valence-electron chi connectivity index (χ4n) is 2.63. The summed E-state index contributed by atoms with van der Waals surface area (Å²) < 4.78 is 15.5. The van der Waals surface area contributed by atoms with Crippen LogP contribution in [0.3, 0.4) is 0 Å². The van der Waals surface area contributed by atoms with Crippen LogP contribution in [0.25, 0.3) is 0 Å². The van der Waals surface area contributed by atoms with Crippen LogP contribution in [0.2, 0.25) is 0 Å². The summed E-state index contributed by atoms with van der Waals surface area (Å²) >= 11 is 4.36. The largest absolute Gasteiger partial charge is 0.289 e. The molecule has 2 atom stereocenters. The maximum Gasteiger partial charge on any atom is 0.146 e. The molecule has 0 saturated carbocycles. The van der Waals surface area contributed by atoms with E-state index in [0.29, 0.717) is 24.3 Å². The van der Waals surface area contributed by atoms with Crippen molar-refractivity contribution in [2.24, 2.45) is 0 Å². The molecule has 0 spiro atoms. The van der Waals surface area contributed by atoms with Gasteiger partial charge in [0.05, 0.1) is 5.69 Å². The second-order valence-corrected chi connectivity index (χ2v) is 5.08. The Morgan fingerprint density at radius 1 is 1.44 bits per heavy atom. The lowest BCUT2D eigenvalue weighted by Gasteiger charge is -2.55. The Morgan fingerprint density at radius 3 is 2.88 bits per heavy atom. The highest BCUT2D eigenvalue weighted by atomic mass is 32.1. The van der Waals surface area contributed by atoms with E-state index in [1.165, 1.54) is 12.5 Å². The van der Waals surface area contributed by atoms with E-state index in [1.54, 1.807) is 12.3 Å². The Balaban J connectivity index is 1.71. The third kappa shape index (κ3) is 1.73. The summed E-state index contributed by atoms with van der Waals surface area (Å²) in [4.78, 5) is 6.43. The number of fused-ring (bicyclic) bond motifs is 2. The average molecular weight is 239 g/mol. The fourth-order valence-corrected chi connectivity index (χ4v) is 3.01. The molecule has 2 bridgehead atoms. The van der Waals surface area contributed by atoms with Gasteiger partial charge in [0.1, 0.15) is 5.82 Å². The molecule has 1 aromatic heterocycles. The van der Waals surface area contributed by atoms with Gasteiger partial charge in [0.2, 0.25) is 0 Å². The number of hydrogen-bond acceptors (Lipinski definition) is 4. The molecule has 2 aliphatic rings. The van der Waals surface area contributed by atoms with Crippen LogP contribution in [0.4, 0.5) is 4.39 Å².